The Labute approximate surface area is 297 Å². The summed E-state index contributed by atoms with van der Waals surface area (Å²) < 4.78 is 8.76. The van der Waals surface area contributed by atoms with Gasteiger partial charge in [0.05, 0.1) is 33.5 Å². The molecule has 0 radical (unpaired) electrons. The van der Waals surface area contributed by atoms with E-state index in [1.807, 2.05) is 36.4 Å². The summed E-state index contributed by atoms with van der Waals surface area (Å²) in [6, 6.07) is 58.2. The van der Waals surface area contributed by atoms with Gasteiger partial charge >= 0.3 is 0 Å². The van der Waals surface area contributed by atoms with Gasteiger partial charge in [-0.1, -0.05) is 109 Å². The van der Waals surface area contributed by atoms with Crippen LogP contribution in [0.25, 0.3) is 115 Å². The van der Waals surface area contributed by atoms with Crippen molar-refractivity contribution in [1.29, 1.82) is 0 Å². The SMILES string of the molecule is c1cc(-c2nc3ccccc3nc2-c2ccc3c(c2)oc2ccccc23)cc(-n2c3cccc4c5ccccc5c5c6ccccc6cc2c5c43)c1. The van der Waals surface area contributed by atoms with E-state index in [0.717, 1.165) is 61.2 Å². The van der Waals surface area contributed by atoms with E-state index in [0.29, 0.717) is 0 Å². The van der Waals surface area contributed by atoms with Gasteiger partial charge in [0.2, 0.25) is 0 Å². The van der Waals surface area contributed by atoms with Crippen LogP contribution < -0.4 is 0 Å². The lowest BCUT2D eigenvalue weighted by Gasteiger charge is -2.14. The zero-order chi connectivity index (χ0) is 33.9. The van der Waals surface area contributed by atoms with Gasteiger partial charge in [0, 0.05) is 43.7 Å². The molecule has 4 nitrogen and oxygen atoms in total. The quantitative estimate of drug-likeness (QED) is 0.177. The predicted octanol–water partition coefficient (Wildman–Crippen LogP) is 12.9. The van der Waals surface area contributed by atoms with Gasteiger partial charge in [-0.3, -0.25) is 0 Å². The molecule has 52 heavy (non-hydrogen) atoms. The smallest absolute Gasteiger partial charge is 0.136 e. The molecule has 3 aromatic heterocycles. The van der Waals surface area contributed by atoms with Crippen LogP contribution in [0.4, 0.5) is 0 Å². The molecule has 9 aromatic carbocycles. The molecule has 0 aliphatic heterocycles. The van der Waals surface area contributed by atoms with E-state index in [1.165, 1.54) is 54.1 Å². The summed E-state index contributed by atoms with van der Waals surface area (Å²) in [7, 11) is 0. The lowest BCUT2D eigenvalue weighted by molar-refractivity contribution is 0.669. The first kappa shape index (κ1) is 27.7. The fourth-order valence-electron chi connectivity index (χ4n) is 8.67. The molecule has 12 rings (SSSR count). The number of hydrogen-bond acceptors (Lipinski definition) is 3. The number of fused-ring (bicyclic) bond motifs is 9. The monoisotopic (exact) mass is 661 g/mol. The Balaban J connectivity index is 1.14. The number of aromatic nitrogens is 3. The second-order valence-corrected chi connectivity index (χ2v) is 13.7. The Kier molecular flexibility index (Phi) is 5.47. The summed E-state index contributed by atoms with van der Waals surface area (Å²) in [5, 5.41) is 12.5. The molecule has 12 aromatic rings. The van der Waals surface area contributed by atoms with Gasteiger partial charge in [0.15, 0.2) is 0 Å². The van der Waals surface area contributed by atoms with Crippen LogP contribution in [0.15, 0.2) is 168 Å². The second-order valence-electron chi connectivity index (χ2n) is 13.7. The number of nitrogens with zero attached hydrogens (tertiary/aromatic N) is 3. The Morgan fingerprint density at radius 3 is 1.87 bits per heavy atom. The van der Waals surface area contributed by atoms with E-state index in [9.17, 15) is 0 Å². The highest BCUT2D eigenvalue weighted by Gasteiger charge is 2.22. The third-order valence-corrected chi connectivity index (χ3v) is 10.9. The number of hydrogen-bond donors (Lipinski definition) is 0. The summed E-state index contributed by atoms with van der Waals surface area (Å²) in [5.41, 5.74) is 10.5. The number of benzene rings is 9. The minimum atomic E-state index is 0.823. The summed E-state index contributed by atoms with van der Waals surface area (Å²) in [5.74, 6) is 0. The zero-order valence-electron chi connectivity index (χ0n) is 27.8. The maximum absolute atomic E-state index is 6.32. The standard InChI is InChI=1S/C48H27N3O/c1-2-14-32-28(11-1)26-41-46-44(32)36-17-4-3-15-33(36)37-18-10-21-40(45(37)46)51(41)31-13-9-12-29(25-31)47-48(50-39-20-7-6-19-38(39)49-47)30-23-24-35-34-16-5-8-22-42(34)52-43(35)27-30/h1-27H. The van der Waals surface area contributed by atoms with Crippen LogP contribution in [0.3, 0.4) is 0 Å². The van der Waals surface area contributed by atoms with Crippen molar-refractivity contribution in [3.05, 3.63) is 164 Å². The molecule has 0 unspecified atom stereocenters. The van der Waals surface area contributed by atoms with Crippen molar-refractivity contribution in [2.45, 2.75) is 0 Å². The van der Waals surface area contributed by atoms with Crippen molar-refractivity contribution in [2.24, 2.45) is 0 Å². The van der Waals surface area contributed by atoms with E-state index in [4.69, 9.17) is 14.4 Å². The summed E-state index contributed by atoms with van der Waals surface area (Å²) >= 11 is 0. The maximum Gasteiger partial charge on any atom is 0.136 e. The van der Waals surface area contributed by atoms with Crippen molar-refractivity contribution >= 4 is 87.1 Å². The summed E-state index contributed by atoms with van der Waals surface area (Å²) in [6.07, 6.45) is 0. The van der Waals surface area contributed by atoms with E-state index >= 15 is 0 Å². The van der Waals surface area contributed by atoms with Gasteiger partial charge in [-0.15, -0.1) is 0 Å². The Bertz CT molecular complexity index is 3420. The molecule has 0 fully saturated rings. The minimum Gasteiger partial charge on any atom is -0.456 e. The lowest BCUT2D eigenvalue weighted by Crippen LogP contribution is -1.98. The topological polar surface area (TPSA) is 43.9 Å². The van der Waals surface area contributed by atoms with Crippen LogP contribution in [-0.2, 0) is 0 Å². The lowest BCUT2D eigenvalue weighted by atomic mass is 9.91. The minimum absolute atomic E-state index is 0.823. The van der Waals surface area contributed by atoms with Crippen molar-refractivity contribution in [3.8, 4) is 28.2 Å². The van der Waals surface area contributed by atoms with Gasteiger partial charge in [0.1, 0.15) is 11.2 Å². The first-order chi connectivity index (χ1) is 25.8. The molecule has 3 heterocycles. The molecule has 0 atom stereocenters. The van der Waals surface area contributed by atoms with Crippen molar-refractivity contribution in [3.63, 3.8) is 0 Å². The normalized spacial score (nSPS) is 12.2. The Hall–Kier alpha value is -7.04. The van der Waals surface area contributed by atoms with Crippen LogP contribution in [0, 0.1) is 0 Å². The number of para-hydroxylation sites is 3. The highest BCUT2D eigenvalue weighted by atomic mass is 16.3. The largest absolute Gasteiger partial charge is 0.456 e. The van der Waals surface area contributed by atoms with Gasteiger partial charge < -0.3 is 8.98 Å². The average molecular weight is 662 g/mol. The molecule has 0 aliphatic rings. The van der Waals surface area contributed by atoms with Gasteiger partial charge in [-0.2, -0.15) is 0 Å². The number of rotatable bonds is 3. The third kappa shape index (κ3) is 3.75. The molecule has 0 bridgehead atoms. The maximum atomic E-state index is 6.32. The fraction of sp³-hybridized carbons (Fsp3) is 0. The Morgan fingerprint density at radius 2 is 1.02 bits per heavy atom. The Morgan fingerprint density at radius 1 is 0.385 bits per heavy atom. The van der Waals surface area contributed by atoms with Crippen molar-refractivity contribution in [2.75, 3.05) is 0 Å². The van der Waals surface area contributed by atoms with Gasteiger partial charge in [-0.25, -0.2) is 9.97 Å². The predicted molar refractivity (Wildman–Crippen MR) is 216 cm³/mol. The molecule has 0 N–H and O–H groups in total. The third-order valence-electron chi connectivity index (χ3n) is 10.9. The van der Waals surface area contributed by atoms with Crippen LogP contribution in [0.1, 0.15) is 0 Å². The van der Waals surface area contributed by atoms with Crippen molar-refractivity contribution in [1.82, 2.24) is 14.5 Å². The second kappa shape index (κ2) is 10.3. The zero-order valence-corrected chi connectivity index (χ0v) is 27.8. The molecule has 240 valence electrons. The van der Waals surface area contributed by atoms with Crippen LogP contribution >= 0.6 is 0 Å². The first-order valence-corrected chi connectivity index (χ1v) is 17.7. The summed E-state index contributed by atoms with van der Waals surface area (Å²) in [6.45, 7) is 0. The van der Waals surface area contributed by atoms with Gasteiger partial charge in [-0.05, 0) is 81.5 Å². The molecule has 0 aliphatic carbocycles. The highest BCUT2D eigenvalue weighted by Crippen LogP contribution is 2.47. The summed E-state index contributed by atoms with van der Waals surface area (Å²) in [4.78, 5) is 10.5. The highest BCUT2D eigenvalue weighted by molar-refractivity contribution is 6.39. The van der Waals surface area contributed by atoms with E-state index in [1.54, 1.807) is 0 Å². The van der Waals surface area contributed by atoms with E-state index in [2.05, 4.69) is 132 Å². The molecule has 0 saturated heterocycles. The molecule has 0 amide bonds. The average Bonchev–Trinajstić information content (AvgIpc) is 3.75. The van der Waals surface area contributed by atoms with Gasteiger partial charge in [0.25, 0.3) is 0 Å². The van der Waals surface area contributed by atoms with Crippen LogP contribution in [0.2, 0.25) is 0 Å². The molecule has 0 spiro atoms. The molecular formula is C48H27N3O. The number of furan rings is 1. The van der Waals surface area contributed by atoms with Crippen molar-refractivity contribution < 1.29 is 4.42 Å². The van der Waals surface area contributed by atoms with E-state index < -0.39 is 0 Å². The molecule has 0 saturated carbocycles. The van der Waals surface area contributed by atoms with Crippen LogP contribution in [-0.4, -0.2) is 14.5 Å². The molecule has 4 heteroatoms. The van der Waals surface area contributed by atoms with Crippen LogP contribution in [0.5, 0.6) is 0 Å². The molecular weight excluding hydrogens is 635 g/mol. The fourth-order valence-corrected chi connectivity index (χ4v) is 8.67. The van der Waals surface area contributed by atoms with E-state index in [-0.39, 0.29) is 0 Å². The first-order valence-electron chi connectivity index (χ1n) is 17.7.